The van der Waals surface area contributed by atoms with E-state index in [2.05, 4.69) is 4.98 Å². The molecule has 0 bridgehead atoms. The fourth-order valence-electron chi connectivity index (χ4n) is 2.13. The summed E-state index contributed by atoms with van der Waals surface area (Å²) in [4.78, 5) is 4.00. The Morgan fingerprint density at radius 2 is 2.11 bits per heavy atom. The predicted molar refractivity (Wildman–Crippen MR) is 69.4 cm³/mol. The molecule has 0 saturated heterocycles. The Morgan fingerprint density at radius 1 is 1.33 bits per heavy atom. The SMILES string of the molecule is C[C@H](O)[C@@H](CCc1ccccc1O)n1ccnc1. The smallest absolute Gasteiger partial charge is 0.118 e. The van der Waals surface area contributed by atoms with Crippen LogP contribution in [0.2, 0.25) is 0 Å². The van der Waals surface area contributed by atoms with Gasteiger partial charge in [-0.1, -0.05) is 18.2 Å². The van der Waals surface area contributed by atoms with E-state index in [0.717, 1.165) is 18.4 Å². The minimum Gasteiger partial charge on any atom is -0.508 e. The van der Waals surface area contributed by atoms with Gasteiger partial charge in [-0.05, 0) is 31.4 Å². The largest absolute Gasteiger partial charge is 0.508 e. The Labute approximate surface area is 107 Å². The molecule has 4 heteroatoms. The molecule has 4 nitrogen and oxygen atoms in total. The third-order valence-electron chi connectivity index (χ3n) is 3.17. The number of aliphatic hydroxyl groups is 1. The van der Waals surface area contributed by atoms with Gasteiger partial charge in [-0.15, -0.1) is 0 Å². The van der Waals surface area contributed by atoms with Gasteiger partial charge in [0.2, 0.25) is 0 Å². The molecule has 1 aromatic carbocycles. The van der Waals surface area contributed by atoms with Gasteiger partial charge in [-0.2, -0.15) is 0 Å². The molecule has 2 N–H and O–H groups in total. The molecular weight excluding hydrogens is 228 g/mol. The topological polar surface area (TPSA) is 58.3 Å². The Morgan fingerprint density at radius 3 is 2.72 bits per heavy atom. The first-order valence-electron chi connectivity index (χ1n) is 6.11. The van der Waals surface area contributed by atoms with E-state index in [0.29, 0.717) is 5.75 Å². The minimum absolute atomic E-state index is 0.0212. The molecule has 0 spiro atoms. The van der Waals surface area contributed by atoms with Crippen molar-refractivity contribution in [1.29, 1.82) is 0 Å². The summed E-state index contributed by atoms with van der Waals surface area (Å²) >= 11 is 0. The van der Waals surface area contributed by atoms with Gasteiger partial charge in [-0.25, -0.2) is 4.98 Å². The highest BCUT2D eigenvalue weighted by Crippen LogP contribution is 2.23. The highest BCUT2D eigenvalue weighted by atomic mass is 16.3. The van der Waals surface area contributed by atoms with Gasteiger partial charge in [0.25, 0.3) is 0 Å². The molecule has 0 fully saturated rings. The van der Waals surface area contributed by atoms with Crippen LogP contribution in [0.5, 0.6) is 5.75 Å². The molecule has 0 aliphatic rings. The van der Waals surface area contributed by atoms with Crippen molar-refractivity contribution in [1.82, 2.24) is 9.55 Å². The Balaban J connectivity index is 2.05. The fraction of sp³-hybridized carbons (Fsp3) is 0.357. The second kappa shape index (κ2) is 5.69. The highest BCUT2D eigenvalue weighted by molar-refractivity contribution is 5.31. The monoisotopic (exact) mass is 246 g/mol. The third-order valence-corrected chi connectivity index (χ3v) is 3.17. The molecule has 0 unspecified atom stereocenters. The normalized spacial score (nSPS) is 14.3. The molecular formula is C14H18N2O2. The quantitative estimate of drug-likeness (QED) is 0.849. The van der Waals surface area contributed by atoms with Crippen LogP contribution in [0.4, 0.5) is 0 Å². The molecule has 1 aromatic heterocycles. The first kappa shape index (κ1) is 12.6. The Hall–Kier alpha value is -1.81. The average Bonchev–Trinajstić information content (AvgIpc) is 2.85. The lowest BCUT2D eigenvalue weighted by Crippen LogP contribution is -2.21. The van der Waals surface area contributed by atoms with Gasteiger partial charge in [0.15, 0.2) is 0 Å². The number of aromatic hydroxyl groups is 1. The van der Waals surface area contributed by atoms with E-state index in [9.17, 15) is 10.2 Å². The number of aliphatic hydroxyl groups excluding tert-OH is 1. The second-order valence-corrected chi connectivity index (χ2v) is 4.49. The number of benzene rings is 1. The van der Waals surface area contributed by atoms with E-state index in [4.69, 9.17) is 0 Å². The van der Waals surface area contributed by atoms with Crippen molar-refractivity contribution < 1.29 is 10.2 Å². The summed E-state index contributed by atoms with van der Waals surface area (Å²) in [6.45, 7) is 1.77. The van der Waals surface area contributed by atoms with Crippen LogP contribution in [0.25, 0.3) is 0 Å². The van der Waals surface area contributed by atoms with E-state index in [1.54, 1.807) is 31.6 Å². The van der Waals surface area contributed by atoms with Crippen LogP contribution in [0, 0.1) is 0 Å². The second-order valence-electron chi connectivity index (χ2n) is 4.49. The molecule has 96 valence electrons. The molecule has 0 aliphatic heterocycles. The van der Waals surface area contributed by atoms with E-state index in [1.165, 1.54) is 0 Å². The van der Waals surface area contributed by atoms with Crippen LogP contribution >= 0.6 is 0 Å². The predicted octanol–water partition coefficient (Wildman–Crippen LogP) is 2.14. The van der Waals surface area contributed by atoms with E-state index in [1.807, 2.05) is 22.9 Å². The number of para-hydroxylation sites is 1. The van der Waals surface area contributed by atoms with Crippen LogP contribution in [0.15, 0.2) is 43.0 Å². The van der Waals surface area contributed by atoms with E-state index >= 15 is 0 Å². The maximum Gasteiger partial charge on any atom is 0.118 e. The zero-order valence-corrected chi connectivity index (χ0v) is 10.4. The number of aryl methyl sites for hydroxylation is 1. The summed E-state index contributed by atoms with van der Waals surface area (Å²) in [7, 11) is 0. The standard InChI is InChI=1S/C14H18N2O2/c1-11(17)13(16-9-8-15-10-16)7-6-12-4-2-3-5-14(12)18/h2-5,8-11,13,17-18H,6-7H2,1H3/t11-,13+/m0/s1. The molecule has 0 aliphatic carbocycles. The molecule has 2 rings (SSSR count). The van der Waals surface area contributed by atoms with Crippen LogP contribution in [-0.4, -0.2) is 25.9 Å². The van der Waals surface area contributed by atoms with Gasteiger partial charge in [-0.3, -0.25) is 0 Å². The van der Waals surface area contributed by atoms with Crippen LogP contribution in [0.3, 0.4) is 0 Å². The highest BCUT2D eigenvalue weighted by Gasteiger charge is 2.16. The van der Waals surface area contributed by atoms with Crippen LogP contribution in [0.1, 0.15) is 24.9 Å². The van der Waals surface area contributed by atoms with E-state index < -0.39 is 6.10 Å². The maximum atomic E-state index is 9.82. The molecule has 18 heavy (non-hydrogen) atoms. The number of nitrogens with zero attached hydrogens (tertiary/aromatic N) is 2. The summed E-state index contributed by atoms with van der Waals surface area (Å²) in [6, 6.07) is 7.28. The number of hydrogen-bond acceptors (Lipinski definition) is 3. The van der Waals surface area contributed by atoms with Gasteiger partial charge < -0.3 is 14.8 Å². The van der Waals surface area contributed by atoms with Gasteiger partial charge in [0, 0.05) is 12.4 Å². The van der Waals surface area contributed by atoms with Crippen molar-refractivity contribution in [3.05, 3.63) is 48.5 Å². The fourth-order valence-corrected chi connectivity index (χ4v) is 2.13. The van der Waals surface area contributed by atoms with Crippen molar-refractivity contribution in [2.45, 2.75) is 31.9 Å². The number of aromatic nitrogens is 2. The molecule has 2 atom stereocenters. The van der Waals surface area contributed by atoms with Crippen molar-refractivity contribution >= 4 is 0 Å². The number of hydrogen-bond donors (Lipinski definition) is 2. The Kier molecular flexibility index (Phi) is 3.99. The minimum atomic E-state index is -0.454. The zero-order chi connectivity index (χ0) is 13.0. The summed E-state index contributed by atoms with van der Waals surface area (Å²) in [5.41, 5.74) is 0.906. The van der Waals surface area contributed by atoms with Crippen molar-refractivity contribution in [2.75, 3.05) is 0 Å². The number of phenols is 1. The molecule has 0 amide bonds. The molecule has 1 heterocycles. The average molecular weight is 246 g/mol. The van der Waals surface area contributed by atoms with Gasteiger partial charge in [0.1, 0.15) is 5.75 Å². The third kappa shape index (κ3) is 2.90. The maximum absolute atomic E-state index is 9.82. The van der Waals surface area contributed by atoms with Gasteiger partial charge in [0.05, 0.1) is 18.5 Å². The lowest BCUT2D eigenvalue weighted by Gasteiger charge is -2.21. The Bertz CT molecular complexity index is 480. The number of rotatable bonds is 5. The summed E-state index contributed by atoms with van der Waals surface area (Å²) in [6.07, 6.45) is 6.29. The van der Waals surface area contributed by atoms with Crippen molar-refractivity contribution in [3.63, 3.8) is 0 Å². The summed E-state index contributed by atoms with van der Waals surface area (Å²) in [5.74, 6) is 0.312. The number of phenolic OH excluding ortho intramolecular Hbond substituents is 1. The van der Waals surface area contributed by atoms with Crippen LogP contribution in [-0.2, 0) is 6.42 Å². The van der Waals surface area contributed by atoms with Gasteiger partial charge >= 0.3 is 0 Å². The van der Waals surface area contributed by atoms with Crippen LogP contribution < -0.4 is 0 Å². The first-order chi connectivity index (χ1) is 8.68. The van der Waals surface area contributed by atoms with E-state index in [-0.39, 0.29) is 6.04 Å². The van der Waals surface area contributed by atoms with Crippen molar-refractivity contribution in [3.8, 4) is 5.75 Å². The summed E-state index contributed by atoms with van der Waals surface area (Å²) < 4.78 is 1.91. The summed E-state index contributed by atoms with van der Waals surface area (Å²) in [5, 5.41) is 19.5. The molecule has 0 saturated carbocycles. The first-order valence-corrected chi connectivity index (χ1v) is 6.11. The molecule has 0 radical (unpaired) electrons. The zero-order valence-electron chi connectivity index (χ0n) is 10.4. The lowest BCUT2D eigenvalue weighted by molar-refractivity contribution is 0.124. The number of imidazole rings is 1. The van der Waals surface area contributed by atoms with Crippen molar-refractivity contribution in [2.24, 2.45) is 0 Å². The lowest BCUT2D eigenvalue weighted by atomic mass is 10.0. The molecule has 2 aromatic rings.